The molecule has 2 nitrogen and oxygen atoms in total. The molecule has 1 heterocycles. The minimum atomic E-state index is 0.308. The highest BCUT2D eigenvalue weighted by Gasteiger charge is 2.36. The Hall–Kier alpha value is -0.510. The first-order chi connectivity index (χ1) is 10.0. The normalized spacial score (nSPS) is 27.2. The van der Waals surface area contributed by atoms with Crippen LogP contribution in [0.15, 0.2) is 35.2 Å². The fraction of sp³-hybridized carbons (Fsp3) is 0.667. The number of hydrogen-bond donors (Lipinski definition) is 1. The van der Waals surface area contributed by atoms with Gasteiger partial charge in [0.05, 0.1) is 0 Å². The average Bonchev–Trinajstić information content (AvgIpc) is 2.50. The molecular formula is C18H30N2S. The molecule has 2 atom stereocenters. The van der Waals surface area contributed by atoms with E-state index in [1.54, 1.807) is 0 Å². The topological polar surface area (TPSA) is 15.3 Å². The summed E-state index contributed by atoms with van der Waals surface area (Å²) in [4.78, 5) is 4.09. The number of piperazine rings is 1. The van der Waals surface area contributed by atoms with Gasteiger partial charge in [0.25, 0.3) is 0 Å². The monoisotopic (exact) mass is 306 g/mol. The molecule has 1 N–H and O–H groups in total. The summed E-state index contributed by atoms with van der Waals surface area (Å²) in [6.45, 7) is 12.8. The van der Waals surface area contributed by atoms with Crippen LogP contribution in [0.3, 0.4) is 0 Å². The molecule has 2 unspecified atom stereocenters. The van der Waals surface area contributed by atoms with Crippen molar-refractivity contribution < 1.29 is 0 Å². The van der Waals surface area contributed by atoms with Crippen LogP contribution in [-0.4, -0.2) is 41.9 Å². The van der Waals surface area contributed by atoms with Crippen molar-refractivity contribution in [3.8, 4) is 0 Å². The molecule has 1 aliphatic rings. The summed E-state index contributed by atoms with van der Waals surface area (Å²) >= 11 is 1.97. The van der Waals surface area contributed by atoms with Crippen molar-refractivity contribution in [1.82, 2.24) is 10.2 Å². The van der Waals surface area contributed by atoms with E-state index >= 15 is 0 Å². The Bertz CT molecular complexity index is 420. The van der Waals surface area contributed by atoms with Gasteiger partial charge in [0.15, 0.2) is 0 Å². The zero-order valence-corrected chi connectivity index (χ0v) is 14.7. The molecule has 21 heavy (non-hydrogen) atoms. The van der Waals surface area contributed by atoms with E-state index in [1.165, 1.54) is 30.2 Å². The lowest BCUT2D eigenvalue weighted by molar-refractivity contribution is 0.0446. The Morgan fingerprint density at radius 2 is 2.05 bits per heavy atom. The predicted octanol–water partition coefficient (Wildman–Crippen LogP) is 3.88. The highest BCUT2D eigenvalue weighted by atomic mass is 32.2. The van der Waals surface area contributed by atoms with E-state index in [1.807, 2.05) is 11.8 Å². The summed E-state index contributed by atoms with van der Waals surface area (Å²) in [7, 11) is 0. The number of thioether (sulfide) groups is 1. The van der Waals surface area contributed by atoms with Gasteiger partial charge < -0.3 is 5.32 Å². The van der Waals surface area contributed by atoms with Gasteiger partial charge in [0.2, 0.25) is 0 Å². The Balaban J connectivity index is 1.90. The zero-order valence-electron chi connectivity index (χ0n) is 13.9. The maximum Gasteiger partial charge on any atom is 0.0304 e. The Morgan fingerprint density at radius 3 is 2.67 bits per heavy atom. The van der Waals surface area contributed by atoms with E-state index < -0.39 is 0 Å². The van der Waals surface area contributed by atoms with Gasteiger partial charge in [-0.3, -0.25) is 4.90 Å². The van der Waals surface area contributed by atoms with Crippen LogP contribution in [0.4, 0.5) is 0 Å². The maximum absolute atomic E-state index is 3.75. The standard InChI is InChI=1S/C18H30N2S/c1-5-18(4)14-19-17(15(2)3)13-20(18)11-12-21-16-9-7-6-8-10-16/h6-10,15,17,19H,5,11-14H2,1-4H3. The van der Waals surface area contributed by atoms with Crippen LogP contribution >= 0.6 is 11.8 Å². The molecule has 0 aromatic heterocycles. The molecular weight excluding hydrogens is 276 g/mol. The maximum atomic E-state index is 3.75. The summed E-state index contributed by atoms with van der Waals surface area (Å²) in [5.74, 6) is 1.88. The molecule has 1 aromatic carbocycles. The Labute approximate surface area is 134 Å². The largest absolute Gasteiger partial charge is 0.311 e. The van der Waals surface area contributed by atoms with Crippen LogP contribution in [0.5, 0.6) is 0 Å². The molecule has 2 rings (SSSR count). The molecule has 1 saturated heterocycles. The van der Waals surface area contributed by atoms with Crippen LogP contribution in [0.2, 0.25) is 0 Å². The predicted molar refractivity (Wildman–Crippen MR) is 94.1 cm³/mol. The Kier molecular flexibility index (Phi) is 6.15. The number of hydrogen-bond acceptors (Lipinski definition) is 3. The summed E-state index contributed by atoms with van der Waals surface area (Å²) in [5, 5.41) is 3.75. The van der Waals surface area contributed by atoms with Crippen LogP contribution in [0.25, 0.3) is 0 Å². The second-order valence-electron chi connectivity index (χ2n) is 6.69. The molecule has 1 fully saturated rings. The molecule has 0 spiro atoms. The SMILES string of the molecule is CCC1(C)CNC(C(C)C)CN1CCSc1ccccc1. The third kappa shape index (κ3) is 4.48. The molecule has 0 amide bonds. The van der Waals surface area contributed by atoms with E-state index in [-0.39, 0.29) is 0 Å². The fourth-order valence-electron chi connectivity index (χ4n) is 2.93. The van der Waals surface area contributed by atoms with Crippen LogP contribution in [-0.2, 0) is 0 Å². The highest BCUT2D eigenvalue weighted by Crippen LogP contribution is 2.26. The number of benzene rings is 1. The minimum absolute atomic E-state index is 0.308. The third-order valence-corrected chi connectivity index (χ3v) is 5.86. The molecule has 3 heteroatoms. The van der Waals surface area contributed by atoms with E-state index in [0.717, 1.165) is 6.54 Å². The lowest BCUT2D eigenvalue weighted by atomic mass is 9.89. The number of nitrogens with zero attached hydrogens (tertiary/aromatic N) is 1. The first-order valence-corrected chi connectivity index (χ1v) is 9.20. The van der Waals surface area contributed by atoms with E-state index in [0.29, 0.717) is 17.5 Å². The van der Waals surface area contributed by atoms with E-state index in [9.17, 15) is 0 Å². The second-order valence-corrected chi connectivity index (χ2v) is 7.86. The third-order valence-electron chi connectivity index (χ3n) is 4.87. The van der Waals surface area contributed by atoms with Crippen LogP contribution < -0.4 is 5.32 Å². The lowest BCUT2D eigenvalue weighted by Crippen LogP contribution is -2.64. The van der Waals surface area contributed by atoms with Gasteiger partial charge in [0, 0.05) is 41.9 Å². The van der Waals surface area contributed by atoms with Crippen molar-refractivity contribution in [1.29, 1.82) is 0 Å². The van der Waals surface area contributed by atoms with E-state index in [2.05, 4.69) is 68.2 Å². The molecule has 0 radical (unpaired) electrons. The van der Waals surface area contributed by atoms with Crippen molar-refractivity contribution in [3.05, 3.63) is 30.3 Å². The van der Waals surface area contributed by atoms with Gasteiger partial charge in [-0.05, 0) is 31.4 Å². The lowest BCUT2D eigenvalue weighted by Gasteiger charge is -2.49. The summed E-state index contributed by atoms with van der Waals surface area (Å²) in [6, 6.07) is 11.4. The summed E-state index contributed by atoms with van der Waals surface area (Å²) in [5.41, 5.74) is 0.308. The smallest absolute Gasteiger partial charge is 0.0304 e. The average molecular weight is 307 g/mol. The van der Waals surface area contributed by atoms with E-state index in [4.69, 9.17) is 0 Å². The molecule has 118 valence electrons. The van der Waals surface area contributed by atoms with Crippen molar-refractivity contribution >= 4 is 11.8 Å². The first kappa shape index (κ1) is 16.9. The summed E-state index contributed by atoms with van der Waals surface area (Å²) in [6.07, 6.45) is 1.21. The van der Waals surface area contributed by atoms with Gasteiger partial charge in [0.1, 0.15) is 0 Å². The zero-order chi connectivity index (χ0) is 15.3. The highest BCUT2D eigenvalue weighted by molar-refractivity contribution is 7.99. The Morgan fingerprint density at radius 1 is 1.33 bits per heavy atom. The van der Waals surface area contributed by atoms with Crippen molar-refractivity contribution in [2.45, 2.75) is 50.6 Å². The summed E-state index contributed by atoms with van der Waals surface area (Å²) < 4.78 is 0. The van der Waals surface area contributed by atoms with Crippen molar-refractivity contribution in [3.63, 3.8) is 0 Å². The van der Waals surface area contributed by atoms with Gasteiger partial charge in [-0.25, -0.2) is 0 Å². The number of rotatable bonds is 6. The van der Waals surface area contributed by atoms with Crippen molar-refractivity contribution in [2.75, 3.05) is 25.4 Å². The number of nitrogens with one attached hydrogen (secondary N) is 1. The molecule has 0 aliphatic carbocycles. The second kappa shape index (κ2) is 7.66. The molecule has 0 saturated carbocycles. The van der Waals surface area contributed by atoms with Gasteiger partial charge in [-0.2, -0.15) is 0 Å². The minimum Gasteiger partial charge on any atom is -0.311 e. The molecule has 1 aliphatic heterocycles. The van der Waals surface area contributed by atoms with Crippen LogP contribution in [0, 0.1) is 5.92 Å². The first-order valence-electron chi connectivity index (χ1n) is 8.21. The fourth-order valence-corrected chi connectivity index (χ4v) is 3.83. The van der Waals surface area contributed by atoms with Gasteiger partial charge >= 0.3 is 0 Å². The van der Waals surface area contributed by atoms with Crippen LogP contribution in [0.1, 0.15) is 34.1 Å². The van der Waals surface area contributed by atoms with Gasteiger partial charge in [-0.1, -0.05) is 39.0 Å². The molecule has 1 aromatic rings. The molecule has 0 bridgehead atoms. The van der Waals surface area contributed by atoms with Gasteiger partial charge in [-0.15, -0.1) is 11.8 Å². The van der Waals surface area contributed by atoms with Crippen molar-refractivity contribution in [2.24, 2.45) is 5.92 Å². The quantitative estimate of drug-likeness (QED) is 0.803.